The van der Waals surface area contributed by atoms with Gasteiger partial charge in [-0.3, -0.25) is 0 Å². The fraction of sp³-hybridized carbons (Fsp3) is 0.958. The summed E-state index contributed by atoms with van der Waals surface area (Å²) in [7, 11) is 0. The van der Waals surface area contributed by atoms with Gasteiger partial charge in [-0.2, -0.15) is 0 Å². The number of aliphatic hydroxyl groups is 11. The third-order valence-electron chi connectivity index (χ3n) is 20.0. The number of hydrogen-bond donors (Lipinski definition) is 11. The molecular weight excluding hydrogens is 865 g/mol. The van der Waals surface area contributed by atoms with E-state index in [0.717, 1.165) is 32.1 Å². The van der Waals surface area contributed by atoms with Crippen molar-refractivity contribution in [3.8, 4) is 0 Å². The summed E-state index contributed by atoms with van der Waals surface area (Å²) in [6, 6.07) is 0. The van der Waals surface area contributed by atoms with E-state index in [4.69, 9.17) is 33.2 Å². The second kappa shape index (κ2) is 17.1. The van der Waals surface area contributed by atoms with Gasteiger partial charge in [-0.05, 0) is 86.4 Å². The van der Waals surface area contributed by atoms with Gasteiger partial charge in [0.25, 0.3) is 0 Å². The smallest absolute Gasteiger partial charge is 0.187 e. The Morgan fingerprint density at radius 1 is 0.636 bits per heavy atom. The Balaban J connectivity index is 0.972. The van der Waals surface area contributed by atoms with Crippen LogP contribution in [0.3, 0.4) is 0 Å². The average molecular weight is 943 g/mol. The minimum Gasteiger partial charge on any atom is -0.396 e. The Morgan fingerprint density at radius 3 is 1.98 bits per heavy atom. The molecule has 26 atom stereocenters. The summed E-state index contributed by atoms with van der Waals surface area (Å²) in [5, 5.41) is 120. The second-order valence-corrected chi connectivity index (χ2v) is 23.8. The van der Waals surface area contributed by atoms with Gasteiger partial charge in [0, 0.05) is 22.2 Å². The van der Waals surface area contributed by atoms with Crippen molar-refractivity contribution in [1.82, 2.24) is 0 Å². The molecule has 4 saturated carbocycles. The predicted octanol–water partition coefficient (Wildman–Crippen LogP) is -0.399. The molecule has 4 aliphatic heterocycles. The lowest BCUT2D eigenvalue weighted by Gasteiger charge is -2.73. The van der Waals surface area contributed by atoms with E-state index in [1.807, 2.05) is 6.92 Å². The lowest BCUT2D eigenvalue weighted by Crippen LogP contribution is -2.72. The fourth-order valence-electron chi connectivity index (χ4n) is 15.7. The Hall–Kier alpha value is -0.980. The summed E-state index contributed by atoms with van der Waals surface area (Å²) in [5.74, 6) is 0.207. The molecule has 0 aromatic rings. The molecule has 18 nitrogen and oxygen atoms in total. The quantitative estimate of drug-likeness (QED) is 0.104. The number of ether oxygens (including phenoxy) is 7. The van der Waals surface area contributed by atoms with E-state index < -0.39 is 129 Å². The molecule has 18 heteroatoms. The highest BCUT2D eigenvalue weighted by Gasteiger charge is 2.79. The normalized spacial score (nSPS) is 58.8. The Morgan fingerprint density at radius 2 is 1.29 bits per heavy atom. The van der Waals surface area contributed by atoms with Gasteiger partial charge in [-0.25, -0.2) is 0 Å². The SMILES string of the molecule is C[C@@H]1OC(O[C@H]2[C@H](O)[C@@H](O)[C@H](O[C@H]3CC[C@@]4(C)[C@@H](CC[C@]5(C)[C@@H]4C=C[C@]46OC[C@@]7(CCC(C)(C)C[C@H]74)[C@@H](O)C[C@]65C)[C@]3(C)CO)O[C@@H]2CO[C@@H]2O[C@H](CO)[C@@H](O)[C@H](O)[C@H]2O)[C@H](O)[C@@H](O)[C@H]1O. The van der Waals surface area contributed by atoms with Crippen LogP contribution in [0.25, 0.3) is 0 Å². The average Bonchev–Trinajstić information content (AvgIpc) is 3.55. The molecule has 1 spiro atoms. The molecular formula is C48H78O18. The van der Waals surface area contributed by atoms with Crippen LogP contribution >= 0.6 is 0 Å². The first kappa shape index (κ1) is 50.0. The van der Waals surface area contributed by atoms with Gasteiger partial charge in [0.05, 0.1) is 50.3 Å². The van der Waals surface area contributed by atoms with Crippen LogP contribution in [0.5, 0.6) is 0 Å². The van der Waals surface area contributed by atoms with E-state index in [9.17, 15) is 56.2 Å². The fourth-order valence-corrected chi connectivity index (χ4v) is 15.7. The van der Waals surface area contributed by atoms with Crippen LogP contribution in [0.2, 0.25) is 0 Å². The molecule has 0 aromatic carbocycles. The highest BCUT2D eigenvalue weighted by molar-refractivity contribution is 5.36. The molecule has 2 bridgehead atoms. The summed E-state index contributed by atoms with van der Waals surface area (Å²) >= 11 is 0. The Bertz CT molecular complexity index is 1800. The molecule has 1 unspecified atom stereocenters. The summed E-state index contributed by atoms with van der Waals surface area (Å²) in [4.78, 5) is 0. The van der Waals surface area contributed by atoms with E-state index in [2.05, 4.69) is 46.8 Å². The lowest BCUT2D eigenvalue weighted by atomic mass is 9.32. The van der Waals surface area contributed by atoms with Gasteiger partial charge < -0.3 is 89.3 Å². The lowest BCUT2D eigenvalue weighted by molar-refractivity contribution is -0.375. The summed E-state index contributed by atoms with van der Waals surface area (Å²) in [6.07, 6.45) is -13.6. The zero-order valence-corrected chi connectivity index (χ0v) is 39.5. The van der Waals surface area contributed by atoms with Crippen LogP contribution in [0.4, 0.5) is 0 Å². The highest BCUT2D eigenvalue weighted by Crippen LogP contribution is 2.79. The van der Waals surface area contributed by atoms with Crippen molar-refractivity contribution >= 4 is 0 Å². The van der Waals surface area contributed by atoms with Crippen molar-refractivity contribution in [2.75, 3.05) is 26.4 Å². The molecule has 66 heavy (non-hydrogen) atoms. The first-order valence-corrected chi connectivity index (χ1v) is 24.5. The number of fused-ring (bicyclic) bond motifs is 4. The molecule has 0 radical (unpaired) electrons. The summed E-state index contributed by atoms with van der Waals surface area (Å²) in [6.45, 7) is 14.3. The molecule has 5 aliphatic carbocycles. The van der Waals surface area contributed by atoms with Crippen LogP contribution in [0.1, 0.15) is 99.8 Å². The summed E-state index contributed by atoms with van der Waals surface area (Å²) in [5.41, 5.74) is -2.43. The Kier molecular flexibility index (Phi) is 12.9. The largest absolute Gasteiger partial charge is 0.396 e. The molecule has 4 saturated heterocycles. The number of rotatable bonds is 9. The number of aliphatic hydroxyl groups excluding tert-OH is 11. The van der Waals surface area contributed by atoms with Crippen molar-refractivity contribution in [2.45, 2.75) is 210 Å². The van der Waals surface area contributed by atoms with Crippen LogP contribution in [0.15, 0.2) is 12.2 Å². The van der Waals surface area contributed by atoms with Crippen LogP contribution in [-0.2, 0) is 33.2 Å². The van der Waals surface area contributed by atoms with E-state index in [1.165, 1.54) is 6.92 Å². The maximum Gasteiger partial charge on any atom is 0.187 e. The summed E-state index contributed by atoms with van der Waals surface area (Å²) < 4.78 is 43.3. The van der Waals surface area contributed by atoms with Crippen LogP contribution in [0, 0.1) is 50.2 Å². The topological polar surface area (TPSA) is 287 Å². The van der Waals surface area contributed by atoms with Gasteiger partial charge in [-0.1, -0.05) is 53.7 Å². The zero-order chi connectivity index (χ0) is 47.9. The predicted molar refractivity (Wildman–Crippen MR) is 229 cm³/mol. The third-order valence-corrected chi connectivity index (χ3v) is 20.0. The van der Waals surface area contributed by atoms with Gasteiger partial charge >= 0.3 is 0 Å². The standard InChI is InChI=1S/C48H78O18/c1-22-30(52)32(54)36(58)40(62-22)66-38-24(19-60-39-35(57)33(55)31(53)23(18-49)63-39)64-41(37(59)34(38)56)65-29-10-11-43(4)25(44(29,5)20-50)8-12-45(6)26(43)9-13-48-27-16-42(2,3)14-15-47(27,21-61-48)28(51)17-46(45,48)7/h9,13,22-41,49-59H,8,10-12,14-21H2,1-7H3/t22-,23+,24+,25+,26+,27+,28-,29-,30-,31+,32-,33-,34+,35+,36+,37+,38+,39+,40?,41-,43-,44-,45+,46-,47+,48-/m0/s1. The zero-order valence-electron chi connectivity index (χ0n) is 39.5. The molecule has 9 aliphatic rings. The number of allylic oxidation sites excluding steroid dienone is 1. The maximum absolute atomic E-state index is 12.2. The molecule has 9 rings (SSSR count). The van der Waals surface area contributed by atoms with Gasteiger partial charge in [0.1, 0.15) is 67.1 Å². The third kappa shape index (κ3) is 7.08. The minimum atomic E-state index is -1.80. The van der Waals surface area contributed by atoms with Gasteiger partial charge in [-0.15, -0.1) is 0 Å². The molecule has 4 heterocycles. The van der Waals surface area contributed by atoms with Crippen molar-refractivity contribution in [1.29, 1.82) is 0 Å². The minimum absolute atomic E-state index is 0.0689. The number of hydrogen-bond acceptors (Lipinski definition) is 18. The van der Waals surface area contributed by atoms with E-state index in [0.29, 0.717) is 25.9 Å². The van der Waals surface area contributed by atoms with Gasteiger partial charge in [0.2, 0.25) is 0 Å². The van der Waals surface area contributed by atoms with Crippen molar-refractivity contribution in [3.05, 3.63) is 12.2 Å². The van der Waals surface area contributed by atoms with Crippen molar-refractivity contribution in [2.24, 2.45) is 50.2 Å². The van der Waals surface area contributed by atoms with Crippen molar-refractivity contribution in [3.63, 3.8) is 0 Å². The first-order valence-electron chi connectivity index (χ1n) is 24.5. The molecule has 11 N–H and O–H groups in total. The molecule has 8 fully saturated rings. The van der Waals surface area contributed by atoms with E-state index >= 15 is 0 Å². The Labute approximate surface area is 387 Å². The molecule has 0 aromatic heterocycles. The van der Waals surface area contributed by atoms with Crippen LogP contribution < -0.4 is 0 Å². The molecule has 0 amide bonds. The first-order chi connectivity index (χ1) is 30.9. The second-order valence-electron chi connectivity index (χ2n) is 23.8. The van der Waals surface area contributed by atoms with Crippen molar-refractivity contribution < 1.29 is 89.3 Å². The monoisotopic (exact) mass is 943 g/mol. The maximum atomic E-state index is 12.2. The molecule has 378 valence electrons. The van der Waals surface area contributed by atoms with E-state index in [-0.39, 0.29) is 51.4 Å². The highest BCUT2D eigenvalue weighted by atomic mass is 16.8. The van der Waals surface area contributed by atoms with Gasteiger partial charge in [0.15, 0.2) is 18.9 Å². The van der Waals surface area contributed by atoms with Crippen LogP contribution in [-0.4, -0.2) is 193 Å². The van der Waals surface area contributed by atoms with E-state index in [1.54, 1.807) is 0 Å².